The molecule has 0 fully saturated rings. The number of aromatic nitrogens is 1. The molecule has 21 heavy (non-hydrogen) atoms. The Hall–Kier alpha value is -2.60. The maximum absolute atomic E-state index is 11.8. The molecule has 0 saturated carbocycles. The van der Waals surface area contributed by atoms with Crippen LogP contribution in [-0.4, -0.2) is 28.6 Å². The van der Waals surface area contributed by atoms with E-state index in [4.69, 9.17) is 21.4 Å². The molecule has 0 unspecified atom stereocenters. The number of hydrogen-bond donors (Lipinski definition) is 2. The van der Waals surface area contributed by atoms with Crippen molar-refractivity contribution >= 4 is 29.2 Å². The highest BCUT2D eigenvalue weighted by molar-refractivity contribution is 6.32. The number of carboxylic acid groups (broad SMARTS) is 1. The number of hydrogen-bond acceptors (Lipinski definition) is 4. The molecule has 0 saturated heterocycles. The van der Waals surface area contributed by atoms with Crippen LogP contribution in [0.2, 0.25) is 5.02 Å². The summed E-state index contributed by atoms with van der Waals surface area (Å²) in [5.74, 6) is -1.36. The van der Waals surface area contributed by atoms with Gasteiger partial charge in [0, 0.05) is 6.20 Å². The van der Waals surface area contributed by atoms with Gasteiger partial charge in [-0.2, -0.15) is 0 Å². The van der Waals surface area contributed by atoms with Crippen molar-refractivity contribution in [1.82, 2.24) is 4.98 Å². The molecule has 1 amide bonds. The summed E-state index contributed by atoms with van der Waals surface area (Å²) in [6, 6.07) is 9.70. The summed E-state index contributed by atoms with van der Waals surface area (Å²) in [6.07, 6.45) is 1.33. The number of carbonyl (C=O) groups is 2. The van der Waals surface area contributed by atoms with Gasteiger partial charge < -0.3 is 15.2 Å². The molecule has 7 heteroatoms. The summed E-state index contributed by atoms with van der Waals surface area (Å²) < 4.78 is 5.26. The van der Waals surface area contributed by atoms with Gasteiger partial charge in [0.1, 0.15) is 5.75 Å². The number of nitrogens with zero attached hydrogens (tertiary/aromatic N) is 1. The molecule has 108 valence electrons. The van der Waals surface area contributed by atoms with Crippen LogP contribution in [0.5, 0.6) is 5.75 Å². The third-order valence-corrected chi connectivity index (χ3v) is 2.79. The average Bonchev–Trinajstić information content (AvgIpc) is 2.47. The van der Waals surface area contributed by atoms with Crippen molar-refractivity contribution in [3.63, 3.8) is 0 Å². The van der Waals surface area contributed by atoms with E-state index in [9.17, 15) is 9.59 Å². The summed E-state index contributed by atoms with van der Waals surface area (Å²) in [6.45, 7) is -0.294. The van der Waals surface area contributed by atoms with Crippen LogP contribution in [0.1, 0.15) is 10.5 Å². The van der Waals surface area contributed by atoms with Crippen molar-refractivity contribution < 1.29 is 19.4 Å². The average molecular weight is 307 g/mol. The normalized spacial score (nSPS) is 9.95. The number of amides is 1. The number of anilines is 1. The molecule has 0 radical (unpaired) electrons. The second kappa shape index (κ2) is 6.71. The molecule has 2 aromatic rings. The summed E-state index contributed by atoms with van der Waals surface area (Å²) >= 11 is 5.89. The van der Waals surface area contributed by atoms with E-state index in [0.717, 1.165) is 0 Å². The van der Waals surface area contributed by atoms with Crippen LogP contribution in [0, 0.1) is 0 Å². The van der Waals surface area contributed by atoms with Crippen LogP contribution in [0.25, 0.3) is 0 Å². The van der Waals surface area contributed by atoms with Crippen LogP contribution < -0.4 is 10.1 Å². The Labute approximate surface area is 125 Å². The number of rotatable bonds is 5. The summed E-state index contributed by atoms with van der Waals surface area (Å²) in [4.78, 5) is 26.4. The molecule has 1 heterocycles. The van der Waals surface area contributed by atoms with Crippen molar-refractivity contribution in [1.29, 1.82) is 0 Å². The van der Waals surface area contributed by atoms with Crippen LogP contribution in [0.3, 0.4) is 0 Å². The van der Waals surface area contributed by atoms with Gasteiger partial charge in [-0.05, 0) is 24.3 Å². The molecule has 1 aromatic carbocycles. The summed E-state index contributed by atoms with van der Waals surface area (Å²) in [5, 5.41) is 11.8. The van der Waals surface area contributed by atoms with Crippen molar-refractivity contribution in [2.75, 3.05) is 11.9 Å². The van der Waals surface area contributed by atoms with E-state index in [1.165, 1.54) is 18.3 Å². The van der Waals surface area contributed by atoms with Crippen LogP contribution in [0.4, 0.5) is 5.69 Å². The van der Waals surface area contributed by atoms with Gasteiger partial charge in [0.15, 0.2) is 12.3 Å². The predicted octanol–water partition coefficient (Wildman–Crippen LogP) is 2.45. The molecule has 0 atom stereocenters. The number of benzene rings is 1. The van der Waals surface area contributed by atoms with Crippen molar-refractivity contribution in [3.05, 3.63) is 53.3 Å². The lowest BCUT2D eigenvalue weighted by molar-refractivity contribution is -0.118. The van der Waals surface area contributed by atoms with Gasteiger partial charge in [-0.3, -0.25) is 4.79 Å². The highest BCUT2D eigenvalue weighted by atomic mass is 35.5. The first-order chi connectivity index (χ1) is 10.1. The zero-order chi connectivity index (χ0) is 15.2. The maximum Gasteiger partial charge on any atom is 0.356 e. The van der Waals surface area contributed by atoms with Crippen molar-refractivity contribution in [3.8, 4) is 5.75 Å². The number of ether oxygens (including phenoxy) is 1. The number of pyridine rings is 1. The summed E-state index contributed by atoms with van der Waals surface area (Å²) in [5.41, 5.74) is -0.124. The number of para-hydroxylation sites is 1. The Kier molecular flexibility index (Phi) is 4.73. The molecule has 2 rings (SSSR count). The minimum atomic E-state index is -1.22. The van der Waals surface area contributed by atoms with Gasteiger partial charge in [-0.25, -0.2) is 9.78 Å². The number of aromatic carboxylic acids is 1. The van der Waals surface area contributed by atoms with Gasteiger partial charge in [0.05, 0.1) is 10.7 Å². The molecule has 0 bridgehead atoms. The summed E-state index contributed by atoms with van der Waals surface area (Å²) in [7, 11) is 0. The second-order valence-electron chi connectivity index (χ2n) is 3.97. The molecular weight excluding hydrogens is 296 g/mol. The molecule has 0 spiro atoms. The molecule has 1 aromatic heterocycles. The maximum atomic E-state index is 11.8. The first-order valence-corrected chi connectivity index (χ1v) is 6.31. The zero-order valence-corrected chi connectivity index (χ0v) is 11.5. The Morgan fingerprint density at radius 1 is 1.24 bits per heavy atom. The Bertz CT molecular complexity index is 676. The Morgan fingerprint density at radius 3 is 2.71 bits per heavy atom. The number of carboxylic acids is 1. The third kappa shape index (κ3) is 3.93. The highest BCUT2D eigenvalue weighted by Crippen LogP contribution is 2.23. The molecule has 0 aliphatic heterocycles. The van der Waals surface area contributed by atoms with E-state index < -0.39 is 11.9 Å². The smallest absolute Gasteiger partial charge is 0.356 e. The highest BCUT2D eigenvalue weighted by Gasteiger charge is 2.13. The fourth-order valence-electron chi connectivity index (χ4n) is 1.57. The molecule has 2 N–H and O–H groups in total. The first kappa shape index (κ1) is 14.8. The fraction of sp³-hybridized carbons (Fsp3) is 0.0714. The van der Waals surface area contributed by atoms with Gasteiger partial charge in [-0.15, -0.1) is 0 Å². The predicted molar refractivity (Wildman–Crippen MR) is 76.8 cm³/mol. The quantitative estimate of drug-likeness (QED) is 0.885. The Balaban J connectivity index is 2.00. The van der Waals surface area contributed by atoms with E-state index in [1.807, 2.05) is 0 Å². The fourth-order valence-corrected chi connectivity index (χ4v) is 1.76. The molecular formula is C14H11ClN2O4. The van der Waals surface area contributed by atoms with E-state index >= 15 is 0 Å². The van der Waals surface area contributed by atoms with E-state index in [1.54, 1.807) is 24.3 Å². The minimum absolute atomic E-state index is 0.109. The number of halogens is 1. The lowest BCUT2D eigenvalue weighted by atomic mass is 10.3. The standard InChI is InChI=1S/C14H11ClN2O4/c15-9-4-1-2-6-11(9)21-8-12(18)17-10-5-3-7-16-13(10)14(19)20/h1-7H,8H2,(H,17,18)(H,19,20). The van der Waals surface area contributed by atoms with Crippen LogP contribution in [-0.2, 0) is 4.79 Å². The zero-order valence-electron chi connectivity index (χ0n) is 10.7. The van der Waals surface area contributed by atoms with Gasteiger partial charge in [0.2, 0.25) is 0 Å². The van der Waals surface area contributed by atoms with Gasteiger partial charge in [-0.1, -0.05) is 23.7 Å². The number of nitrogens with one attached hydrogen (secondary N) is 1. The van der Waals surface area contributed by atoms with Crippen LogP contribution >= 0.6 is 11.6 Å². The minimum Gasteiger partial charge on any atom is -0.482 e. The molecule has 0 aliphatic rings. The third-order valence-electron chi connectivity index (χ3n) is 2.48. The lowest BCUT2D eigenvalue weighted by Crippen LogP contribution is -2.22. The molecule has 6 nitrogen and oxygen atoms in total. The molecule has 0 aliphatic carbocycles. The SMILES string of the molecule is O=C(COc1ccccc1Cl)Nc1cccnc1C(=O)O. The topological polar surface area (TPSA) is 88.5 Å². The van der Waals surface area contributed by atoms with Crippen LogP contribution in [0.15, 0.2) is 42.6 Å². The van der Waals surface area contributed by atoms with Gasteiger partial charge >= 0.3 is 5.97 Å². The largest absolute Gasteiger partial charge is 0.482 e. The second-order valence-corrected chi connectivity index (χ2v) is 4.38. The first-order valence-electron chi connectivity index (χ1n) is 5.93. The van der Waals surface area contributed by atoms with E-state index in [2.05, 4.69) is 10.3 Å². The van der Waals surface area contributed by atoms with Crippen molar-refractivity contribution in [2.24, 2.45) is 0 Å². The van der Waals surface area contributed by atoms with E-state index in [-0.39, 0.29) is 18.0 Å². The van der Waals surface area contributed by atoms with Gasteiger partial charge in [0.25, 0.3) is 5.91 Å². The Morgan fingerprint density at radius 2 is 2.00 bits per heavy atom. The monoisotopic (exact) mass is 306 g/mol. The number of carbonyl (C=O) groups excluding carboxylic acids is 1. The van der Waals surface area contributed by atoms with Crippen molar-refractivity contribution in [2.45, 2.75) is 0 Å². The lowest BCUT2D eigenvalue weighted by Gasteiger charge is -2.09. The van der Waals surface area contributed by atoms with E-state index in [0.29, 0.717) is 10.8 Å².